The Kier molecular flexibility index (Phi) is 7.64. The molecule has 2 nitrogen and oxygen atoms in total. The fourth-order valence-corrected chi connectivity index (χ4v) is 1.64. The number of nitrogens with zero attached hydrogens (tertiary/aromatic N) is 1. The van der Waals surface area contributed by atoms with E-state index in [0.29, 0.717) is 6.04 Å². The normalized spacial score (nSPS) is 11.8. The second-order valence-electron chi connectivity index (χ2n) is 4.74. The van der Waals surface area contributed by atoms with Gasteiger partial charge >= 0.3 is 0 Å². The van der Waals surface area contributed by atoms with Crippen molar-refractivity contribution in [3.8, 4) is 0 Å². The first-order valence-electron chi connectivity index (χ1n) is 6.38. The summed E-state index contributed by atoms with van der Waals surface area (Å²) in [5.41, 5.74) is 9.23. The SMILES string of the molecule is C=CC(C)N(CCCCN)C(=C)C(C)=C(C)C. The number of allylic oxidation sites excluding steroid dienone is 2. The first-order chi connectivity index (χ1) is 7.95. The number of hydrogen-bond donors (Lipinski definition) is 1. The summed E-state index contributed by atoms with van der Waals surface area (Å²) in [5, 5.41) is 0. The van der Waals surface area contributed by atoms with Gasteiger partial charge in [0.2, 0.25) is 0 Å². The maximum Gasteiger partial charge on any atom is 0.0442 e. The molecule has 0 aromatic heterocycles. The largest absolute Gasteiger partial charge is 0.366 e. The Hall–Kier alpha value is -1.02. The van der Waals surface area contributed by atoms with Crippen molar-refractivity contribution in [1.82, 2.24) is 4.90 Å². The summed E-state index contributed by atoms with van der Waals surface area (Å²) in [6.07, 6.45) is 4.12. The molecule has 0 radical (unpaired) electrons. The summed E-state index contributed by atoms with van der Waals surface area (Å²) in [6.45, 7) is 18.4. The highest BCUT2D eigenvalue weighted by Gasteiger charge is 2.14. The predicted octanol–water partition coefficient (Wildman–Crippen LogP) is 3.47. The van der Waals surface area contributed by atoms with Gasteiger partial charge in [0, 0.05) is 18.3 Å². The molecule has 0 rings (SSSR count). The third kappa shape index (κ3) is 5.22. The van der Waals surface area contributed by atoms with E-state index in [4.69, 9.17) is 5.73 Å². The highest BCUT2D eigenvalue weighted by molar-refractivity contribution is 5.29. The van der Waals surface area contributed by atoms with Crippen LogP contribution in [0.2, 0.25) is 0 Å². The Bertz CT molecular complexity index is 285. The molecule has 17 heavy (non-hydrogen) atoms. The molecule has 0 amide bonds. The van der Waals surface area contributed by atoms with E-state index in [9.17, 15) is 0 Å². The third-order valence-corrected chi connectivity index (χ3v) is 3.22. The summed E-state index contributed by atoms with van der Waals surface area (Å²) < 4.78 is 0. The summed E-state index contributed by atoms with van der Waals surface area (Å²) in [5.74, 6) is 0. The molecule has 1 unspecified atom stereocenters. The predicted molar refractivity (Wildman–Crippen MR) is 77.8 cm³/mol. The molecule has 0 aromatic carbocycles. The first-order valence-corrected chi connectivity index (χ1v) is 6.38. The molecule has 0 fully saturated rings. The molecule has 2 N–H and O–H groups in total. The van der Waals surface area contributed by atoms with E-state index in [-0.39, 0.29) is 0 Å². The van der Waals surface area contributed by atoms with Crippen LogP contribution in [-0.2, 0) is 0 Å². The fourth-order valence-electron chi connectivity index (χ4n) is 1.64. The van der Waals surface area contributed by atoms with E-state index in [2.05, 4.69) is 45.8 Å². The molecule has 0 aliphatic carbocycles. The standard InChI is InChI=1S/C15H28N2/c1-7-13(4)17(11-9-8-10-16)15(6)14(5)12(2)3/h7,13H,1,6,8-11,16H2,2-5H3. The minimum absolute atomic E-state index is 0.314. The van der Waals surface area contributed by atoms with Crippen LogP contribution in [0.4, 0.5) is 0 Å². The van der Waals surface area contributed by atoms with Crippen LogP contribution >= 0.6 is 0 Å². The highest BCUT2D eigenvalue weighted by atomic mass is 15.2. The summed E-state index contributed by atoms with van der Waals surface area (Å²) in [4.78, 5) is 2.31. The molecule has 0 spiro atoms. The number of unbranched alkanes of at least 4 members (excludes halogenated alkanes) is 1. The summed E-state index contributed by atoms with van der Waals surface area (Å²) >= 11 is 0. The van der Waals surface area contributed by atoms with E-state index in [1.807, 2.05) is 6.08 Å². The van der Waals surface area contributed by atoms with Crippen LogP contribution in [0.1, 0.15) is 40.5 Å². The second-order valence-corrected chi connectivity index (χ2v) is 4.74. The van der Waals surface area contributed by atoms with Crippen LogP contribution in [0.5, 0.6) is 0 Å². The van der Waals surface area contributed by atoms with Gasteiger partial charge < -0.3 is 10.6 Å². The first kappa shape index (κ1) is 16.0. The van der Waals surface area contributed by atoms with Crippen LogP contribution < -0.4 is 5.73 Å². The van der Waals surface area contributed by atoms with Crippen molar-refractivity contribution in [3.63, 3.8) is 0 Å². The zero-order chi connectivity index (χ0) is 13.4. The Morgan fingerprint density at radius 2 is 1.88 bits per heavy atom. The maximum atomic E-state index is 5.54. The zero-order valence-electron chi connectivity index (χ0n) is 11.9. The van der Waals surface area contributed by atoms with Gasteiger partial charge in [0.25, 0.3) is 0 Å². The molecule has 0 aliphatic heterocycles. The minimum atomic E-state index is 0.314. The van der Waals surface area contributed by atoms with Crippen molar-refractivity contribution < 1.29 is 0 Å². The number of hydrogen-bond acceptors (Lipinski definition) is 2. The van der Waals surface area contributed by atoms with Gasteiger partial charge in [0.05, 0.1) is 0 Å². The van der Waals surface area contributed by atoms with Crippen molar-refractivity contribution in [2.45, 2.75) is 46.6 Å². The molecule has 0 saturated heterocycles. The third-order valence-electron chi connectivity index (χ3n) is 3.22. The molecule has 0 heterocycles. The molecule has 0 bridgehead atoms. The Balaban J connectivity index is 4.74. The van der Waals surface area contributed by atoms with Gasteiger partial charge in [-0.15, -0.1) is 6.58 Å². The molecule has 1 atom stereocenters. The van der Waals surface area contributed by atoms with E-state index in [0.717, 1.165) is 31.6 Å². The van der Waals surface area contributed by atoms with Gasteiger partial charge in [-0.05, 0) is 52.7 Å². The Morgan fingerprint density at radius 1 is 1.29 bits per heavy atom. The van der Waals surface area contributed by atoms with Crippen LogP contribution in [0.15, 0.2) is 36.1 Å². The molecule has 2 heteroatoms. The van der Waals surface area contributed by atoms with Crippen LogP contribution in [0, 0.1) is 0 Å². The lowest BCUT2D eigenvalue weighted by Crippen LogP contribution is -2.32. The topological polar surface area (TPSA) is 29.3 Å². The van der Waals surface area contributed by atoms with E-state index >= 15 is 0 Å². The van der Waals surface area contributed by atoms with E-state index < -0.39 is 0 Å². The van der Waals surface area contributed by atoms with Crippen LogP contribution in [0.25, 0.3) is 0 Å². The van der Waals surface area contributed by atoms with Crippen molar-refractivity contribution >= 4 is 0 Å². The lowest BCUT2D eigenvalue weighted by atomic mass is 10.1. The summed E-state index contributed by atoms with van der Waals surface area (Å²) in [7, 11) is 0. The molecule has 0 aliphatic rings. The van der Waals surface area contributed by atoms with Crippen molar-refractivity contribution in [3.05, 3.63) is 36.1 Å². The fraction of sp³-hybridized carbons (Fsp3) is 0.600. The van der Waals surface area contributed by atoms with Gasteiger partial charge in [-0.3, -0.25) is 0 Å². The van der Waals surface area contributed by atoms with Gasteiger partial charge in [-0.1, -0.05) is 18.2 Å². The molecular weight excluding hydrogens is 208 g/mol. The number of rotatable bonds is 8. The minimum Gasteiger partial charge on any atom is -0.366 e. The van der Waals surface area contributed by atoms with Gasteiger partial charge in [0.1, 0.15) is 0 Å². The maximum absolute atomic E-state index is 5.54. The van der Waals surface area contributed by atoms with Gasteiger partial charge in [-0.25, -0.2) is 0 Å². The monoisotopic (exact) mass is 236 g/mol. The Morgan fingerprint density at radius 3 is 2.29 bits per heavy atom. The quantitative estimate of drug-likeness (QED) is 0.397. The van der Waals surface area contributed by atoms with Gasteiger partial charge in [-0.2, -0.15) is 0 Å². The molecule has 98 valence electrons. The van der Waals surface area contributed by atoms with E-state index in [1.165, 1.54) is 11.1 Å². The van der Waals surface area contributed by atoms with Crippen molar-refractivity contribution in [1.29, 1.82) is 0 Å². The Labute approximate surface area is 107 Å². The lowest BCUT2D eigenvalue weighted by molar-refractivity contribution is 0.307. The van der Waals surface area contributed by atoms with Crippen LogP contribution in [-0.4, -0.2) is 24.0 Å². The smallest absolute Gasteiger partial charge is 0.0442 e. The molecule has 0 saturated carbocycles. The van der Waals surface area contributed by atoms with Crippen LogP contribution in [0.3, 0.4) is 0 Å². The lowest BCUT2D eigenvalue weighted by Gasteiger charge is -2.32. The second kappa shape index (κ2) is 8.13. The zero-order valence-corrected chi connectivity index (χ0v) is 11.9. The number of nitrogens with two attached hydrogens (primary N) is 1. The van der Waals surface area contributed by atoms with Crippen molar-refractivity contribution in [2.75, 3.05) is 13.1 Å². The average Bonchev–Trinajstić information content (AvgIpc) is 2.32. The van der Waals surface area contributed by atoms with Crippen molar-refractivity contribution in [2.24, 2.45) is 5.73 Å². The summed E-state index contributed by atoms with van der Waals surface area (Å²) in [6, 6.07) is 0.314. The highest BCUT2D eigenvalue weighted by Crippen LogP contribution is 2.20. The van der Waals surface area contributed by atoms with E-state index in [1.54, 1.807) is 0 Å². The van der Waals surface area contributed by atoms with Gasteiger partial charge in [0.15, 0.2) is 0 Å². The average molecular weight is 236 g/mol. The molecule has 0 aromatic rings. The molecular formula is C15H28N2.